The van der Waals surface area contributed by atoms with Gasteiger partial charge < -0.3 is 19.9 Å². The summed E-state index contributed by atoms with van der Waals surface area (Å²) in [6, 6.07) is 9.93. The third-order valence-corrected chi connectivity index (χ3v) is 4.80. The topological polar surface area (TPSA) is 61.9 Å². The minimum atomic E-state index is -0.134. The van der Waals surface area contributed by atoms with Crippen LogP contribution in [0.15, 0.2) is 30.3 Å². The highest BCUT2D eigenvalue weighted by Crippen LogP contribution is 2.30. The van der Waals surface area contributed by atoms with Crippen LogP contribution >= 0.6 is 0 Å². The lowest BCUT2D eigenvalue weighted by Gasteiger charge is -2.44. The molecule has 24 heavy (non-hydrogen) atoms. The Kier molecular flexibility index (Phi) is 5.16. The van der Waals surface area contributed by atoms with Crippen LogP contribution in [0.5, 0.6) is 0 Å². The van der Waals surface area contributed by atoms with Crippen molar-refractivity contribution in [2.75, 3.05) is 32.8 Å². The van der Waals surface area contributed by atoms with Gasteiger partial charge in [0.15, 0.2) is 0 Å². The fourth-order valence-electron chi connectivity index (χ4n) is 3.56. The van der Waals surface area contributed by atoms with E-state index in [4.69, 9.17) is 4.74 Å². The molecular formula is C18H25N3O3. The zero-order valence-electron chi connectivity index (χ0n) is 14.3. The molecule has 6 nitrogen and oxygen atoms in total. The van der Waals surface area contributed by atoms with Gasteiger partial charge >= 0.3 is 0 Å². The highest BCUT2D eigenvalue weighted by molar-refractivity contribution is 5.86. The maximum Gasteiger partial charge on any atom is 0.242 e. The van der Waals surface area contributed by atoms with E-state index in [1.165, 1.54) is 0 Å². The van der Waals surface area contributed by atoms with Gasteiger partial charge in [-0.05, 0) is 19.4 Å². The van der Waals surface area contributed by atoms with E-state index < -0.39 is 0 Å². The van der Waals surface area contributed by atoms with Crippen LogP contribution in [0.25, 0.3) is 0 Å². The Bertz CT molecular complexity index is 592. The molecule has 2 aliphatic rings. The van der Waals surface area contributed by atoms with Crippen LogP contribution in [0.2, 0.25) is 0 Å². The summed E-state index contributed by atoms with van der Waals surface area (Å²) < 4.78 is 6.00. The normalized spacial score (nSPS) is 28.1. The summed E-state index contributed by atoms with van der Waals surface area (Å²) in [5.74, 6) is -0.0164. The third-order valence-electron chi connectivity index (χ3n) is 4.80. The Morgan fingerprint density at radius 3 is 2.75 bits per heavy atom. The molecule has 130 valence electrons. The van der Waals surface area contributed by atoms with Crippen molar-refractivity contribution < 1.29 is 14.3 Å². The fourth-order valence-corrected chi connectivity index (χ4v) is 3.56. The Hall–Kier alpha value is -1.92. The van der Waals surface area contributed by atoms with E-state index in [1.54, 1.807) is 4.90 Å². The van der Waals surface area contributed by atoms with E-state index in [2.05, 4.69) is 5.32 Å². The van der Waals surface area contributed by atoms with Crippen molar-refractivity contribution in [1.29, 1.82) is 0 Å². The van der Waals surface area contributed by atoms with Gasteiger partial charge in [-0.25, -0.2) is 0 Å². The number of carbonyl (C=O) groups is 2. The fraction of sp³-hybridized carbons (Fsp3) is 0.556. The van der Waals surface area contributed by atoms with Crippen molar-refractivity contribution in [3.8, 4) is 0 Å². The van der Waals surface area contributed by atoms with Crippen LogP contribution in [0, 0.1) is 0 Å². The number of hydrogen-bond donors (Lipinski definition) is 1. The molecule has 0 spiro atoms. The van der Waals surface area contributed by atoms with Crippen molar-refractivity contribution in [1.82, 2.24) is 15.1 Å². The van der Waals surface area contributed by atoms with Gasteiger partial charge in [0.1, 0.15) is 6.10 Å². The molecule has 0 radical (unpaired) electrons. The average molecular weight is 331 g/mol. The standard InChI is InChI=1S/C18H25N3O3/c1-13-12-24-18(15-6-4-3-5-7-15)14(2)21(13)17(23)11-20-9-8-19-10-16(20)22/h3-7,13-14,18-19H,8-12H2,1-2H3/t13-,14-,18+/m1/s1. The van der Waals surface area contributed by atoms with Crippen LogP contribution in [0.1, 0.15) is 25.5 Å². The van der Waals surface area contributed by atoms with Crippen molar-refractivity contribution in [3.63, 3.8) is 0 Å². The molecule has 1 aromatic carbocycles. The molecule has 2 aliphatic heterocycles. The molecule has 1 aromatic rings. The molecule has 2 heterocycles. The van der Waals surface area contributed by atoms with E-state index in [1.807, 2.05) is 49.1 Å². The van der Waals surface area contributed by atoms with E-state index in [0.29, 0.717) is 19.7 Å². The summed E-state index contributed by atoms with van der Waals surface area (Å²) in [5, 5.41) is 3.03. The molecule has 0 bridgehead atoms. The highest BCUT2D eigenvalue weighted by Gasteiger charge is 2.37. The molecule has 2 fully saturated rings. The molecular weight excluding hydrogens is 306 g/mol. The second-order valence-corrected chi connectivity index (χ2v) is 6.55. The molecule has 2 amide bonds. The second-order valence-electron chi connectivity index (χ2n) is 6.55. The van der Waals surface area contributed by atoms with E-state index >= 15 is 0 Å². The first kappa shape index (κ1) is 16.9. The zero-order chi connectivity index (χ0) is 17.1. The van der Waals surface area contributed by atoms with Gasteiger partial charge in [-0.3, -0.25) is 9.59 Å². The van der Waals surface area contributed by atoms with Gasteiger partial charge in [0.2, 0.25) is 11.8 Å². The SMILES string of the molecule is C[C@@H]1CO[C@H](c2ccccc2)[C@@H](C)N1C(=O)CN1CCNCC1=O. The number of rotatable bonds is 3. The quantitative estimate of drug-likeness (QED) is 0.890. The van der Waals surface area contributed by atoms with Crippen molar-refractivity contribution in [3.05, 3.63) is 35.9 Å². The number of piperazine rings is 1. The summed E-state index contributed by atoms with van der Waals surface area (Å²) >= 11 is 0. The average Bonchev–Trinajstić information content (AvgIpc) is 2.58. The van der Waals surface area contributed by atoms with E-state index in [9.17, 15) is 9.59 Å². The maximum atomic E-state index is 12.9. The predicted molar refractivity (Wildman–Crippen MR) is 90.4 cm³/mol. The molecule has 6 heteroatoms. The lowest BCUT2D eigenvalue weighted by molar-refractivity contribution is -0.157. The number of hydrogen-bond acceptors (Lipinski definition) is 4. The lowest BCUT2D eigenvalue weighted by atomic mass is 9.98. The number of morpholine rings is 1. The van der Waals surface area contributed by atoms with Gasteiger partial charge in [0, 0.05) is 13.1 Å². The summed E-state index contributed by atoms with van der Waals surface area (Å²) in [6.07, 6.45) is -0.134. The Morgan fingerprint density at radius 2 is 2.04 bits per heavy atom. The van der Waals surface area contributed by atoms with Crippen LogP contribution < -0.4 is 5.32 Å². The summed E-state index contributed by atoms with van der Waals surface area (Å²) in [7, 11) is 0. The predicted octanol–water partition coefficient (Wildman–Crippen LogP) is 0.795. The van der Waals surface area contributed by atoms with Gasteiger partial charge in [0.05, 0.1) is 31.8 Å². The first-order valence-corrected chi connectivity index (χ1v) is 8.54. The Morgan fingerprint density at radius 1 is 1.29 bits per heavy atom. The molecule has 0 unspecified atom stereocenters. The van der Waals surface area contributed by atoms with Gasteiger partial charge in [-0.15, -0.1) is 0 Å². The van der Waals surface area contributed by atoms with Crippen molar-refractivity contribution in [2.45, 2.75) is 32.0 Å². The molecule has 0 aromatic heterocycles. The third kappa shape index (κ3) is 3.44. The minimum absolute atomic E-state index is 0.00507. The largest absolute Gasteiger partial charge is 0.369 e. The van der Waals surface area contributed by atoms with Crippen LogP contribution in [0.4, 0.5) is 0 Å². The zero-order valence-corrected chi connectivity index (χ0v) is 14.3. The maximum absolute atomic E-state index is 12.9. The number of ether oxygens (including phenoxy) is 1. The van der Waals surface area contributed by atoms with Gasteiger partial charge in [-0.1, -0.05) is 30.3 Å². The van der Waals surface area contributed by atoms with Crippen molar-refractivity contribution >= 4 is 11.8 Å². The number of carbonyl (C=O) groups excluding carboxylic acids is 2. The summed E-state index contributed by atoms with van der Waals surface area (Å²) in [4.78, 5) is 28.3. The van der Waals surface area contributed by atoms with Gasteiger partial charge in [0.25, 0.3) is 0 Å². The minimum Gasteiger partial charge on any atom is -0.369 e. The second kappa shape index (κ2) is 7.32. The molecule has 2 saturated heterocycles. The number of benzene rings is 1. The smallest absolute Gasteiger partial charge is 0.242 e. The Labute approximate surface area is 142 Å². The van der Waals surface area contributed by atoms with Crippen LogP contribution in [-0.2, 0) is 14.3 Å². The van der Waals surface area contributed by atoms with E-state index in [0.717, 1.165) is 12.1 Å². The first-order chi connectivity index (χ1) is 11.6. The number of amides is 2. The van der Waals surface area contributed by atoms with Crippen LogP contribution in [-0.4, -0.2) is 66.5 Å². The highest BCUT2D eigenvalue weighted by atomic mass is 16.5. The molecule has 0 aliphatic carbocycles. The molecule has 3 atom stereocenters. The lowest BCUT2D eigenvalue weighted by Crippen LogP contribution is -2.58. The monoisotopic (exact) mass is 331 g/mol. The van der Waals surface area contributed by atoms with Crippen LogP contribution in [0.3, 0.4) is 0 Å². The molecule has 1 N–H and O–H groups in total. The molecule has 0 saturated carbocycles. The summed E-state index contributed by atoms with van der Waals surface area (Å²) in [6.45, 7) is 6.30. The first-order valence-electron chi connectivity index (χ1n) is 8.54. The number of nitrogens with zero attached hydrogens (tertiary/aromatic N) is 2. The van der Waals surface area contributed by atoms with E-state index in [-0.39, 0.29) is 36.5 Å². The summed E-state index contributed by atoms with van der Waals surface area (Å²) in [5.41, 5.74) is 1.08. The van der Waals surface area contributed by atoms with Crippen molar-refractivity contribution in [2.24, 2.45) is 0 Å². The Balaban J connectivity index is 1.72. The molecule has 3 rings (SSSR count). The van der Waals surface area contributed by atoms with Gasteiger partial charge in [-0.2, -0.15) is 0 Å². The number of nitrogens with one attached hydrogen (secondary N) is 1.